The quantitative estimate of drug-likeness (QED) is 0.0291. The number of nitrogens with zero attached hydrogens (tertiary/aromatic N) is 4. The van der Waals surface area contributed by atoms with Crippen LogP contribution in [0.2, 0.25) is 0 Å². The molecule has 0 aromatic heterocycles. The number of carboxylic acids is 1. The topological polar surface area (TPSA) is 257 Å². The maximum absolute atomic E-state index is 12.1. The van der Waals surface area contributed by atoms with Crippen LogP contribution in [0.15, 0.2) is 130 Å². The van der Waals surface area contributed by atoms with E-state index in [2.05, 4.69) is 0 Å². The first-order valence-electron chi connectivity index (χ1n) is 20.8. The van der Waals surface area contributed by atoms with E-state index in [1.54, 1.807) is 60.4 Å². The van der Waals surface area contributed by atoms with Gasteiger partial charge in [0.1, 0.15) is 21.6 Å². The van der Waals surface area contributed by atoms with Gasteiger partial charge in [-0.3, -0.25) is 25.0 Å². The fourth-order valence-corrected chi connectivity index (χ4v) is 9.00. The molecule has 20 heteroatoms. The van der Waals surface area contributed by atoms with Crippen LogP contribution in [-0.2, 0) is 43.5 Å². The van der Waals surface area contributed by atoms with Gasteiger partial charge in [-0.2, -0.15) is 0 Å². The van der Waals surface area contributed by atoms with Gasteiger partial charge in [-0.05, 0) is 98.0 Å². The van der Waals surface area contributed by atoms with Crippen molar-refractivity contribution < 1.29 is 79.7 Å². The van der Waals surface area contributed by atoms with Crippen molar-refractivity contribution in [3.8, 4) is 11.3 Å². The van der Waals surface area contributed by atoms with E-state index in [9.17, 15) is 56.1 Å². The molecule has 3 aromatic carbocycles. The maximum atomic E-state index is 12.1. The Morgan fingerprint density at radius 2 is 1.43 bits per heavy atom. The Labute approximate surface area is 409 Å². The SMILES string of the molecule is CC(C)c1cc(/C=C/C=C/C=C2/N(CCCS(=O)(=O)[O-])c3ccc(S(=O)(=O)[O-])cc3C2(C)CCCC(=O)O)c2ccc(=[N+](Cc3ccc([N+](=O)[O-])cc3)Cc3ccc([N+](=O)[O-])cc3)cc-2o1.[Na+]. The van der Waals surface area contributed by atoms with Crippen LogP contribution in [0.4, 0.5) is 17.1 Å². The number of rotatable bonds is 19. The van der Waals surface area contributed by atoms with Crippen molar-refractivity contribution in [3.63, 3.8) is 0 Å². The number of hydrogen-bond acceptors (Lipinski definition) is 13. The summed E-state index contributed by atoms with van der Waals surface area (Å²) in [4.78, 5) is 34.5. The molecular formula is C47H47N4NaO13S2. The zero-order valence-corrected chi connectivity index (χ0v) is 40.9. The van der Waals surface area contributed by atoms with Gasteiger partial charge >= 0.3 is 35.5 Å². The van der Waals surface area contributed by atoms with Gasteiger partial charge in [0.05, 0.1) is 30.9 Å². The molecule has 2 aliphatic heterocycles. The van der Waals surface area contributed by atoms with Crippen LogP contribution in [0.5, 0.6) is 0 Å². The van der Waals surface area contributed by atoms with Crippen molar-refractivity contribution >= 4 is 49.3 Å². The van der Waals surface area contributed by atoms with Gasteiger partial charge in [0, 0.05) is 88.5 Å². The average molecular weight is 963 g/mol. The Kier molecular flexibility index (Phi) is 17.0. The van der Waals surface area contributed by atoms with Crippen molar-refractivity contribution in [1.82, 2.24) is 4.58 Å². The monoisotopic (exact) mass is 962 g/mol. The Morgan fingerprint density at radius 1 is 0.821 bits per heavy atom. The van der Waals surface area contributed by atoms with Gasteiger partial charge in [-0.15, -0.1) is 0 Å². The minimum atomic E-state index is -4.87. The van der Waals surface area contributed by atoms with E-state index in [1.807, 2.05) is 48.8 Å². The van der Waals surface area contributed by atoms with Gasteiger partial charge in [0.25, 0.3) is 11.4 Å². The number of non-ortho nitro benzene ring substituents is 2. The molecular weight excluding hydrogens is 916 g/mol. The average Bonchev–Trinajstić information content (AvgIpc) is 3.47. The third kappa shape index (κ3) is 13.2. The first-order valence-corrected chi connectivity index (χ1v) is 23.8. The van der Waals surface area contributed by atoms with Crippen molar-refractivity contribution in [2.75, 3.05) is 17.2 Å². The minimum absolute atomic E-state index is 0. The second-order valence-electron chi connectivity index (χ2n) is 16.4. The molecule has 17 nitrogen and oxygen atoms in total. The smallest absolute Gasteiger partial charge is 0.748 e. The summed E-state index contributed by atoms with van der Waals surface area (Å²) in [6.45, 7) is 6.52. The number of nitro groups is 2. The predicted octanol–water partition coefficient (Wildman–Crippen LogP) is 4.83. The first kappa shape index (κ1) is 52.2. The van der Waals surface area contributed by atoms with Gasteiger partial charge < -0.3 is 23.5 Å². The molecule has 6 rings (SSSR count). The number of benzene rings is 4. The van der Waals surface area contributed by atoms with E-state index >= 15 is 0 Å². The number of carbonyl (C=O) groups is 1. The van der Waals surface area contributed by atoms with Gasteiger partial charge in [-0.1, -0.05) is 38.2 Å². The normalized spacial score (nSPS) is 15.7. The minimum Gasteiger partial charge on any atom is -0.748 e. The number of fused-ring (bicyclic) bond motifs is 2. The van der Waals surface area contributed by atoms with Crippen LogP contribution in [-0.4, -0.2) is 59.2 Å². The number of nitro benzene ring substituents is 2. The third-order valence-corrected chi connectivity index (χ3v) is 13.0. The Morgan fingerprint density at radius 3 is 1.97 bits per heavy atom. The fourth-order valence-electron chi connectivity index (χ4n) is 8.02. The van der Waals surface area contributed by atoms with E-state index in [1.165, 1.54) is 36.4 Å². The van der Waals surface area contributed by atoms with E-state index in [0.717, 1.165) is 33.7 Å². The Hall–Kier alpha value is -5.80. The molecule has 67 heavy (non-hydrogen) atoms. The zero-order valence-electron chi connectivity index (χ0n) is 37.2. The third-order valence-electron chi connectivity index (χ3n) is 11.4. The molecule has 1 atom stereocenters. The summed E-state index contributed by atoms with van der Waals surface area (Å²) in [7, 11) is -9.42. The zero-order chi connectivity index (χ0) is 48.0. The molecule has 0 saturated carbocycles. The first-order chi connectivity index (χ1) is 31.1. The van der Waals surface area contributed by atoms with E-state index in [4.69, 9.17) is 4.42 Å². The molecule has 2 heterocycles. The van der Waals surface area contributed by atoms with E-state index in [-0.39, 0.29) is 79.1 Å². The molecule has 3 aromatic rings. The Bertz CT molecular complexity index is 2960. The van der Waals surface area contributed by atoms with Crippen LogP contribution in [0.25, 0.3) is 17.4 Å². The van der Waals surface area contributed by atoms with Gasteiger partial charge in [0.2, 0.25) is 5.36 Å². The summed E-state index contributed by atoms with van der Waals surface area (Å²) < 4.78 is 79.4. The number of hydrogen-bond donors (Lipinski definition) is 1. The number of carboxylic acid groups (broad SMARTS) is 1. The second-order valence-corrected chi connectivity index (χ2v) is 19.3. The van der Waals surface area contributed by atoms with Crippen molar-refractivity contribution in [3.05, 3.63) is 175 Å². The molecule has 346 valence electrons. The summed E-state index contributed by atoms with van der Waals surface area (Å²) in [6.07, 6.45) is 9.15. The summed E-state index contributed by atoms with van der Waals surface area (Å²) in [5.41, 5.74) is 3.61. The van der Waals surface area contributed by atoms with Crippen molar-refractivity contribution in [1.29, 1.82) is 0 Å². The van der Waals surface area contributed by atoms with E-state index < -0.39 is 52.1 Å². The molecule has 0 bridgehead atoms. The van der Waals surface area contributed by atoms with Crippen molar-refractivity contribution in [2.45, 2.75) is 75.8 Å². The van der Waals surface area contributed by atoms with Gasteiger partial charge in [-0.25, -0.2) is 21.4 Å². The molecule has 0 fully saturated rings. The van der Waals surface area contributed by atoms with Crippen molar-refractivity contribution in [2.24, 2.45) is 0 Å². The maximum Gasteiger partial charge on any atom is 1.00 e. The predicted molar refractivity (Wildman–Crippen MR) is 244 cm³/mol. The van der Waals surface area contributed by atoms with Crippen LogP contribution < -0.4 is 44.4 Å². The van der Waals surface area contributed by atoms with E-state index in [0.29, 0.717) is 41.6 Å². The summed E-state index contributed by atoms with van der Waals surface area (Å²) in [6, 6.07) is 24.0. The van der Waals surface area contributed by atoms with Gasteiger partial charge in [0.15, 0.2) is 13.1 Å². The molecule has 1 aliphatic carbocycles. The summed E-state index contributed by atoms with van der Waals surface area (Å²) in [5, 5.41) is 32.8. The summed E-state index contributed by atoms with van der Waals surface area (Å²) in [5.74, 6) is -0.427. The fraction of sp³-hybridized carbons (Fsp3) is 0.277. The second kappa shape index (κ2) is 21.9. The van der Waals surface area contributed by atoms with Crippen LogP contribution in [0, 0.1) is 20.2 Å². The molecule has 0 radical (unpaired) electrons. The number of anilines is 1. The molecule has 1 unspecified atom stereocenters. The standard InChI is InChI=1S/C47H48N4O13S2.Na/c1-32(2)43-27-35(40-22-20-38(28-44(40)64-43)48(30-33-12-16-36(17-13-33)50(54)55)31-34-14-18-37(19-15-34)51(56)57)9-5-4-6-10-45-47(3,24-7-11-46(52)53)41-29-39(66(61,62)63)21-23-42(41)49(45)25-8-26-65(58,59)60;/h4-6,9-10,12-23,27-29,32H,7-8,11,24-26,30-31H2,1-3H3,(H2-,52,53,58,59,60,61,62,63);/q;+1/p-1. The molecule has 1 N–H and O–H groups in total. The van der Waals surface area contributed by atoms with Crippen LogP contribution in [0.1, 0.15) is 80.4 Å². The number of aliphatic carboxylic acids is 1. The molecule has 0 saturated heterocycles. The molecule has 0 spiro atoms. The molecule has 0 amide bonds. The van der Waals surface area contributed by atoms with Crippen LogP contribution >= 0.6 is 0 Å². The molecule has 3 aliphatic rings. The Balaban J connectivity index is 0.00000840. The number of allylic oxidation sites excluding steroid dienone is 5. The summed E-state index contributed by atoms with van der Waals surface area (Å²) >= 11 is 0. The largest absolute Gasteiger partial charge is 1.00 e. The van der Waals surface area contributed by atoms with Crippen LogP contribution in [0.3, 0.4) is 0 Å².